The van der Waals surface area contributed by atoms with Crippen molar-refractivity contribution in [3.05, 3.63) is 59.7 Å². The van der Waals surface area contributed by atoms with Crippen LogP contribution in [0.25, 0.3) is 0 Å². The van der Waals surface area contributed by atoms with Gasteiger partial charge in [0.2, 0.25) is 11.8 Å². The van der Waals surface area contributed by atoms with Gasteiger partial charge in [0.05, 0.1) is 18.8 Å². The predicted octanol–water partition coefficient (Wildman–Crippen LogP) is 3.34. The molecular formula is C21H24N2O3S. The number of nitrogens with zero attached hydrogens (tertiary/aromatic N) is 1. The van der Waals surface area contributed by atoms with Crippen molar-refractivity contribution in [2.75, 3.05) is 31.3 Å². The molecule has 0 saturated heterocycles. The summed E-state index contributed by atoms with van der Waals surface area (Å²) in [6, 6.07) is 15.9. The number of ether oxygens (including phenoxy) is 1. The Labute approximate surface area is 164 Å². The molecule has 1 heterocycles. The van der Waals surface area contributed by atoms with E-state index >= 15 is 0 Å². The number of nitrogens with one attached hydrogen (secondary N) is 1. The first-order valence-corrected chi connectivity index (χ1v) is 10.0. The van der Waals surface area contributed by atoms with E-state index in [0.717, 1.165) is 29.1 Å². The molecule has 0 aliphatic carbocycles. The number of thioether (sulfide) groups is 1. The molecule has 0 aromatic heterocycles. The van der Waals surface area contributed by atoms with Gasteiger partial charge in [-0.25, -0.2) is 0 Å². The maximum atomic E-state index is 12.6. The van der Waals surface area contributed by atoms with Crippen LogP contribution in [0.15, 0.2) is 53.4 Å². The van der Waals surface area contributed by atoms with Crippen LogP contribution in [0.2, 0.25) is 0 Å². The zero-order chi connectivity index (χ0) is 19.1. The van der Waals surface area contributed by atoms with Gasteiger partial charge in [-0.05, 0) is 41.8 Å². The van der Waals surface area contributed by atoms with E-state index in [1.807, 2.05) is 53.4 Å². The van der Waals surface area contributed by atoms with Gasteiger partial charge >= 0.3 is 0 Å². The first-order chi connectivity index (χ1) is 13.2. The van der Waals surface area contributed by atoms with Crippen molar-refractivity contribution in [2.45, 2.75) is 24.3 Å². The number of carbonyl (C=O) groups excluding carboxylic acids is 2. The fraction of sp³-hybridized carbons (Fsp3) is 0.333. The summed E-state index contributed by atoms with van der Waals surface area (Å²) in [6.07, 6.45) is 1.17. The van der Waals surface area contributed by atoms with E-state index in [1.54, 1.807) is 18.9 Å². The van der Waals surface area contributed by atoms with Crippen molar-refractivity contribution in [1.82, 2.24) is 4.90 Å². The van der Waals surface area contributed by atoms with E-state index in [0.29, 0.717) is 25.3 Å². The number of fused-ring (bicyclic) bond motifs is 1. The van der Waals surface area contributed by atoms with Gasteiger partial charge in [-0.3, -0.25) is 9.59 Å². The summed E-state index contributed by atoms with van der Waals surface area (Å²) < 4.78 is 4.93. The molecule has 2 amide bonds. The van der Waals surface area contributed by atoms with Gasteiger partial charge in [-0.1, -0.05) is 24.3 Å². The number of hydrogen-bond acceptors (Lipinski definition) is 4. The molecule has 0 spiro atoms. The quantitative estimate of drug-likeness (QED) is 0.744. The highest BCUT2D eigenvalue weighted by atomic mass is 32.2. The Morgan fingerprint density at radius 1 is 1.15 bits per heavy atom. The highest BCUT2D eigenvalue weighted by Crippen LogP contribution is 2.24. The van der Waals surface area contributed by atoms with Gasteiger partial charge in [0.25, 0.3) is 0 Å². The number of anilines is 1. The number of amides is 2. The van der Waals surface area contributed by atoms with Crippen molar-refractivity contribution in [1.29, 1.82) is 0 Å². The Morgan fingerprint density at radius 3 is 2.74 bits per heavy atom. The van der Waals surface area contributed by atoms with E-state index in [4.69, 9.17) is 4.74 Å². The zero-order valence-corrected chi connectivity index (χ0v) is 16.3. The van der Waals surface area contributed by atoms with Crippen LogP contribution >= 0.6 is 11.8 Å². The van der Waals surface area contributed by atoms with Crippen molar-refractivity contribution in [2.24, 2.45) is 0 Å². The van der Waals surface area contributed by atoms with Crippen molar-refractivity contribution in [3.63, 3.8) is 0 Å². The SMILES string of the molecule is COCCC(=O)Nc1ccc2c(c1)CN(C(=O)CSc1ccccc1)CC2. The van der Waals surface area contributed by atoms with Gasteiger partial charge in [-0.15, -0.1) is 11.8 Å². The normalized spacial score (nSPS) is 13.1. The summed E-state index contributed by atoms with van der Waals surface area (Å²) in [7, 11) is 1.58. The minimum absolute atomic E-state index is 0.0696. The largest absolute Gasteiger partial charge is 0.384 e. The van der Waals surface area contributed by atoms with Crippen molar-refractivity contribution >= 4 is 29.3 Å². The maximum absolute atomic E-state index is 12.6. The van der Waals surface area contributed by atoms with Crippen LogP contribution in [0.4, 0.5) is 5.69 Å². The molecule has 0 bridgehead atoms. The number of carbonyl (C=O) groups is 2. The second-order valence-electron chi connectivity index (χ2n) is 6.44. The monoisotopic (exact) mass is 384 g/mol. The molecule has 142 valence electrons. The van der Waals surface area contributed by atoms with Crippen LogP contribution < -0.4 is 5.32 Å². The van der Waals surface area contributed by atoms with Crippen molar-refractivity contribution in [3.8, 4) is 0 Å². The standard InChI is InChI=1S/C21H24N2O3S/c1-26-12-10-20(24)22-18-8-7-16-9-11-23(14-17(16)13-18)21(25)15-27-19-5-3-2-4-6-19/h2-8,13H,9-12,14-15H2,1H3,(H,22,24). The molecule has 0 saturated carbocycles. The third kappa shape index (κ3) is 5.58. The Hall–Kier alpha value is -2.31. The van der Waals surface area contributed by atoms with Crippen LogP contribution in [-0.4, -0.2) is 42.7 Å². The van der Waals surface area contributed by atoms with Gasteiger partial charge in [0.1, 0.15) is 0 Å². The molecular weight excluding hydrogens is 360 g/mol. The molecule has 0 fully saturated rings. The topological polar surface area (TPSA) is 58.6 Å². The summed E-state index contributed by atoms with van der Waals surface area (Å²) in [5, 5.41) is 2.89. The average molecular weight is 385 g/mol. The number of methoxy groups -OCH3 is 1. The smallest absolute Gasteiger partial charge is 0.233 e. The second kappa shape index (κ2) is 9.58. The van der Waals surface area contributed by atoms with Crippen LogP contribution in [0.1, 0.15) is 17.5 Å². The summed E-state index contributed by atoms with van der Waals surface area (Å²) in [5.41, 5.74) is 3.11. The molecule has 1 aliphatic rings. The Bertz CT molecular complexity index is 795. The van der Waals surface area contributed by atoms with Crippen LogP contribution in [0.3, 0.4) is 0 Å². The lowest BCUT2D eigenvalue weighted by Crippen LogP contribution is -2.37. The van der Waals surface area contributed by atoms with E-state index in [9.17, 15) is 9.59 Å². The summed E-state index contributed by atoms with van der Waals surface area (Å²) in [4.78, 5) is 27.5. The van der Waals surface area contributed by atoms with Crippen LogP contribution in [0, 0.1) is 0 Å². The first kappa shape index (κ1) is 19.5. The number of rotatable bonds is 7. The van der Waals surface area contributed by atoms with Crippen LogP contribution in [0.5, 0.6) is 0 Å². The minimum atomic E-state index is -0.0696. The molecule has 1 aliphatic heterocycles. The molecule has 3 rings (SSSR count). The van der Waals surface area contributed by atoms with E-state index in [1.165, 1.54) is 5.56 Å². The van der Waals surface area contributed by atoms with E-state index < -0.39 is 0 Å². The third-order valence-electron chi connectivity index (χ3n) is 4.49. The molecule has 0 atom stereocenters. The Kier molecular flexibility index (Phi) is 6.90. The fourth-order valence-electron chi connectivity index (χ4n) is 3.02. The van der Waals surface area contributed by atoms with E-state index in [2.05, 4.69) is 5.32 Å². The molecule has 5 nitrogen and oxygen atoms in total. The molecule has 2 aromatic rings. The number of benzene rings is 2. The lowest BCUT2D eigenvalue weighted by molar-refractivity contribution is -0.129. The molecule has 6 heteroatoms. The average Bonchev–Trinajstić information content (AvgIpc) is 2.70. The Morgan fingerprint density at radius 2 is 1.96 bits per heavy atom. The zero-order valence-electron chi connectivity index (χ0n) is 15.4. The molecule has 0 unspecified atom stereocenters. The maximum Gasteiger partial charge on any atom is 0.233 e. The molecule has 1 N–H and O–H groups in total. The van der Waals surface area contributed by atoms with Gasteiger partial charge in [0.15, 0.2) is 0 Å². The summed E-state index contributed by atoms with van der Waals surface area (Å²) >= 11 is 1.56. The highest BCUT2D eigenvalue weighted by molar-refractivity contribution is 8.00. The van der Waals surface area contributed by atoms with Crippen molar-refractivity contribution < 1.29 is 14.3 Å². The number of hydrogen-bond donors (Lipinski definition) is 1. The van der Waals surface area contributed by atoms with Crippen LogP contribution in [-0.2, 0) is 27.3 Å². The molecule has 2 aromatic carbocycles. The second-order valence-corrected chi connectivity index (χ2v) is 7.49. The Balaban J connectivity index is 1.58. The summed E-state index contributed by atoms with van der Waals surface area (Å²) in [6.45, 7) is 1.73. The third-order valence-corrected chi connectivity index (χ3v) is 5.49. The van der Waals surface area contributed by atoms with E-state index in [-0.39, 0.29) is 11.8 Å². The first-order valence-electron chi connectivity index (χ1n) is 9.02. The molecule has 27 heavy (non-hydrogen) atoms. The predicted molar refractivity (Wildman–Crippen MR) is 108 cm³/mol. The highest BCUT2D eigenvalue weighted by Gasteiger charge is 2.21. The fourth-order valence-corrected chi connectivity index (χ4v) is 3.84. The van der Waals surface area contributed by atoms with Gasteiger partial charge < -0.3 is 15.0 Å². The minimum Gasteiger partial charge on any atom is -0.384 e. The lowest BCUT2D eigenvalue weighted by Gasteiger charge is -2.29. The summed E-state index contributed by atoms with van der Waals surface area (Å²) in [5.74, 6) is 0.510. The van der Waals surface area contributed by atoms with Gasteiger partial charge in [0, 0.05) is 30.8 Å². The lowest BCUT2D eigenvalue weighted by atomic mass is 9.99. The molecule has 0 radical (unpaired) electrons. The van der Waals surface area contributed by atoms with Gasteiger partial charge in [-0.2, -0.15) is 0 Å².